The van der Waals surface area contributed by atoms with Crippen LogP contribution in [0.3, 0.4) is 0 Å². The number of halogens is 2. The number of ether oxygens (including phenoxy) is 1. The van der Waals surface area contributed by atoms with E-state index >= 15 is 0 Å². The summed E-state index contributed by atoms with van der Waals surface area (Å²) in [7, 11) is 0. The second kappa shape index (κ2) is 10.0. The minimum atomic E-state index is -0.366. The van der Waals surface area contributed by atoms with Crippen LogP contribution in [0, 0.1) is 0 Å². The molecule has 0 aliphatic carbocycles. The fraction of sp³-hybridized carbons (Fsp3) is 0.185. The highest BCUT2D eigenvalue weighted by Crippen LogP contribution is 2.35. The van der Waals surface area contributed by atoms with Crippen LogP contribution in [0.5, 0.6) is 5.75 Å². The number of hydrogen-bond acceptors (Lipinski definition) is 4. The maximum atomic E-state index is 13.4. The van der Waals surface area contributed by atoms with Crippen molar-refractivity contribution in [1.29, 1.82) is 0 Å². The lowest BCUT2D eigenvalue weighted by molar-refractivity contribution is -0.131. The Hall–Kier alpha value is -3.48. The Morgan fingerprint density at radius 3 is 2.34 bits per heavy atom. The highest BCUT2D eigenvalue weighted by molar-refractivity contribution is 6.31. The van der Waals surface area contributed by atoms with Crippen molar-refractivity contribution >= 4 is 52.5 Å². The van der Waals surface area contributed by atoms with E-state index in [1.165, 1.54) is 4.90 Å². The number of hydrogen-bond donors (Lipinski definition) is 0. The monoisotopic (exact) mass is 507 g/mol. The van der Waals surface area contributed by atoms with Crippen molar-refractivity contribution in [3.63, 3.8) is 0 Å². The average molecular weight is 508 g/mol. The van der Waals surface area contributed by atoms with E-state index in [9.17, 15) is 9.59 Å². The van der Waals surface area contributed by atoms with Crippen LogP contribution in [-0.4, -0.2) is 49.4 Å². The van der Waals surface area contributed by atoms with E-state index in [0.717, 1.165) is 11.3 Å². The van der Waals surface area contributed by atoms with Crippen LogP contribution in [-0.2, 0) is 9.59 Å². The van der Waals surface area contributed by atoms with Gasteiger partial charge in [0.2, 0.25) is 5.91 Å². The molecule has 0 N–H and O–H groups in total. The van der Waals surface area contributed by atoms with Crippen molar-refractivity contribution in [2.75, 3.05) is 42.5 Å². The number of nitrogens with zero attached hydrogens (tertiary/aromatic N) is 3. The Bertz CT molecular complexity index is 1300. The Kier molecular flexibility index (Phi) is 6.66. The molecule has 1 saturated heterocycles. The van der Waals surface area contributed by atoms with Gasteiger partial charge in [0.05, 0.1) is 5.69 Å². The number of carbonyl (C=O) groups excluding carboxylic acids is 2. The lowest BCUT2D eigenvalue weighted by atomic mass is 10.1. The molecule has 5 rings (SSSR count). The lowest BCUT2D eigenvalue weighted by Crippen LogP contribution is -2.52. The summed E-state index contributed by atoms with van der Waals surface area (Å²) in [5.41, 5.74) is 2.35. The molecule has 3 aromatic rings. The lowest BCUT2D eigenvalue weighted by Gasteiger charge is -2.37. The highest BCUT2D eigenvalue weighted by atomic mass is 35.5. The fourth-order valence-electron chi connectivity index (χ4n) is 4.29. The van der Waals surface area contributed by atoms with E-state index in [2.05, 4.69) is 4.90 Å². The fourth-order valence-corrected chi connectivity index (χ4v) is 4.67. The van der Waals surface area contributed by atoms with Crippen LogP contribution in [0.2, 0.25) is 10.0 Å². The zero-order chi connectivity index (χ0) is 24.4. The van der Waals surface area contributed by atoms with Gasteiger partial charge in [-0.25, -0.2) is 0 Å². The molecule has 0 aromatic heterocycles. The molecule has 8 heteroatoms. The number of carbonyl (C=O) groups is 2. The number of amides is 2. The topological polar surface area (TPSA) is 53.1 Å². The van der Waals surface area contributed by atoms with Gasteiger partial charge in [0.15, 0.2) is 11.5 Å². The van der Waals surface area contributed by atoms with E-state index in [1.54, 1.807) is 41.3 Å². The first-order valence-corrected chi connectivity index (χ1v) is 12.1. The molecule has 6 nitrogen and oxygen atoms in total. The molecule has 0 bridgehead atoms. The van der Waals surface area contributed by atoms with Crippen LogP contribution in [0.4, 0.5) is 11.4 Å². The molecule has 2 amide bonds. The molecule has 178 valence electrons. The molecule has 3 aromatic carbocycles. The van der Waals surface area contributed by atoms with Crippen LogP contribution < -0.4 is 14.5 Å². The third-order valence-corrected chi connectivity index (χ3v) is 6.55. The molecule has 1 fully saturated rings. The Morgan fingerprint density at radius 1 is 0.886 bits per heavy atom. The first-order chi connectivity index (χ1) is 17.0. The van der Waals surface area contributed by atoms with Crippen LogP contribution in [0.1, 0.15) is 5.56 Å². The number of rotatable bonds is 4. The number of piperazine rings is 1. The van der Waals surface area contributed by atoms with E-state index in [1.807, 2.05) is 42.5 Å². The number of anilines is 2. The molecule has 0 unspecified atom stereocenters. The average Bonchev–Trinajstić information content (AvgIpc) is 2.86. The van der Waals surface area contributed by atoms with Gasteiger partial charge in [-0.3, -0.25) is 14.5 Å². The predicted molar refractivity (Wildman–Crippen MR) is 139 cm³/mol. The zero-order valence-electron chi connectivity index (χ0n) is 18.9. The van der Waals surface area contributed by atoms with Crippen molar-refractivity contribution in [2.24, 2.45) is 0 Å². The second-order valence-corrected chi connectivity index (χ2v) is 9.25. The summed E-state index contributed by atoms with van der Waals surface area (Å²) in [6.45, 7) is 2.45. The molecule has 0 saturated carbocycles. The van der Waals surface area contributed by atoms with E-state index in [-0.39, 0.29) is 24.1 Å². The Balaban J connectivity index is 1.32. The summed E-state index contributed by atoms with van der Waals surface area (Å²) in [6, 6.07) is 22.1. The highest BCUT2D eigenvalue weighted by Gasteiger charge is 2.33. The van der Waals surface area contributed by atoms with Gasteiger partial charge in [-0.1, -0.05) is 53.5 Å². The van der Waals surface area contributed by atoms with Gasteiger partial charge in [0.1, 0.15) is 6.54 Å². The van der Waals surface area contributed by atoms with Gasteiger partial charge in [0, 0.05) is 41.9 Å². The molecule has 2 aliphatic heterocycles. The van der Waals surface area contributed by atoms with Crippen LogP contribution in [0.15, 0.2) is 78.6 Å². The minimum absolute atomic E-state index is 0.0662. The van der Waals surface area contributed by atoms with Gasteiger partial charge in [0.25, 0.3) is 5.91 Å². The van der Waals surface area contributed by atoms with Crippen molar-refractivity contribution < 1.29 is 14.3 Å². The maximum Gasteiger partial charge on any atom is 0.294 e. The Labute approximate surface area is 213 Å². The standard InChI is InChI=1S/C27H23Cl2N3O3/c28-20-6-3-5-19(15-20)16-25-27(34)32(23-9-1-2-10-24(23)35-25)18-26(33)31-13-11-30(12-14-31)22-8-4-7-21(29)17-22/h1-10,15-17H,11-14,18H2/b25-16+. The zero-order valence-corrected chi connectivity index (χ0v) is 20.4. The summed E-state index contributed by atoms with van der Waals surface area (Å²) in [5.74, 6) is 0.195. The third-order valence-electron chi connectivity index (χ3n) is 6.08. The normalized spacial score (nSPS) is 16.8. The van der Waals surface area contributed by atoms with Gasteiger partial charge < -0.3 is 14.5 Å². The van der Waals surface area contributed by atoms with Gasteiger partial charge in [-0.05, 0) is 54.1 Å². The van der Waals surface area contributed by atoms with Crippen LogP contribution >= 0.6 is 23.2 Å². The number of benzene rings is 3. The molecule has 0 spiro atoms. The van der Waals surface area contributed by atoms with Crippen molar-refractivity contribution in [3.8, 4) is 5.75 Å². The van der Waals surface area contributed by atoms with Gasteiger partial charge in [-0.2, -0.15) is 0 Å². The summed E-state index contributed by atoms with van der Waals surface area (Å²) < 4.78 is 5.90. The minimum Gasteiger partial charge on any atom is -0.449 e. The summed E-state index contributed by atoms with van der Waals surface area (Å²) in [6.07, 6.45) is 1.64. The Morgan fingerprint density at radius 2 is 1.60 bits per heavy atom. The van der Waals surface area contributed by atoms with Crippen molar-refractivity contribution in [1.82, 2.24) is 4.90 Å². The first kappa shape index (κ1) is 23.3. The predicted octanol–water partition coefficient (Wildman–Crippen LogP) is 5.11. The van der Waals surface area contributed by atoms with Gasteiger partial charge >= 0.3 is 0 Å². The van der Waals surface area contributed by atoms with E-state index < -0.39 is 0 Å². The van der Waals surface area contributed by atoms with Crippen molar-refractivity contribution in [3.05, 3.63) is 94.2 Å². The summed E-state index contributed by atoms with van der Waals surface area (Å²) in [5, 5.41) is 1.25. The molecule has 2 heterocycles. The first-order valence-electron chi connectivity index (χ1n) is 11.3. The maximum absolute atomic E-state index is 13.4. The summed E-state index contributed by atoms with van der Waals surface area (Å²) in [4.78, 5) is 32.1. The van der Waals surface area contributed by atoms with E-state index in [0.29, 0.717) is 47.7 Å². The van der Waals surface area contributed by atoms with Gasteiger partial charge in [-0.15, -0.1) is 0 Å². The quantitative estimate of drug-likeness (QED) is 0.460. The molecule has 0 atom stereocenters. The number of para-hydroxylation sites is 2. The number of fused-ring (bicyclic) bond motifs is 1. The van der Waals surface area contributed by atoms with E-state index in [4.69, 9.17) is 27.9 Å². The third kappa shape index (κ3) is 5.14. The second-order valence-electron chi connectivity index (χ2n) is 8.37. The molecule has 2 aliphatic rings. The molecule has 35 heavy (non-hydrogen) atoms. The molecular formula is C27H23Cl2N3O3. The summed E-state index contributed by atoms with van der Waals surface area (Å²) >= 11 is 12.2. The smallest absolute Gasteiger partial charge is 0.294 e. The SMILES string of the molecule is O=C(CN1C(=O)/C(=C\c2cccc(Cl)c2)Oc2ccccc21)N1CCN(c2cccc(Cl)c2)CC1. The molecule has 0 radical (unpaired) electrons. The van der Waals surface area contributed by atoms with Crippen molar-refractivity contribution in [2.45, 2.75) is 0 Å². The molecular weight excluding hydrogens is 485 g/mol. The largest absolute Gasteiger partial charge is 0.449 e. The van der Waals surface area contributed by atoms with Crippen LogP contribution in [0.25, 0.3) is 6.08 Å².